The van der Waals surface area contributed by atoms with Crippen molar-refractivity contribution in [3.63, 3.8) is 0 Å². The van der Waals surface area contributed by atoms with Gasteiger partial charge in [0.1, 0.15) is 24.4 Å². The van der Waals surface area contributed by atoms with Crippen LogP contribution in [0.15, 0.2) is 48.7 Å². The average molecular weight is 628 g/mol. The Morgan fingerprint density at radius 1 is 1.11 bits per heavy atom. The number of aromatic nitrogens is 4. The van der Waals surface area contributed by atoms with E-state index in [1.165, 1.54) is 18.3 Å². The molecule has 44 heavy (non-hydrogen) atoms. The van der Waals surface area contributed by atoms with Crippen LogP contribution in [0.4, 0.5) is 8.78 Å². The molecule has 2 fully saturated rings. The quantitative estimate of drug-likeness (QED) is 0.275. The van der Waals surface area contributed by atoms with Gasteiger partial charge in [0.15, 0.2) is 27.2 Å². The molecule has 2 saturated heterocycles. The van der Waals surface area contributed by atoms with Gasteiger partial charge in [-0.15, -0.1) is 0 Å². The molecule has 3 atom stereocenters. The van der Waals surface area contributed by atoms with E-state index in [0.29, 0.717) is 55.1 Å². The molecule has 2 aromatic heterocycles. The summed E-state index contributed by atoms with van der Waals surface area (Å²) >= 11 is 0. The fraction of sp³-hybridized carbons (Fsp3) is 0.400. The molecule has 0 radical (unpaired) electrons. The van der Waals surface area contributed by atoms with E-state index in [1.54, 1.807) is 18.2 Å². The second kappa shape index (κ2) is 12.1. The van der Waals surface area contributed by atoms with Gasteiger partial charge in [0, 0.05) is 37.5 Å². The van der Waals surface area contributed by atoms with E-state index in [-0.39, 0.29) is 48.2 Å². The normalized spacial score (nSPS) is 21.6. The van der Waals surface area contributed by atoms with E-state index >= 15 is 0 Å². The Morgan fingerprint density at radius 3 is 2.66 bits per heavy atom. The lowest BCUT2D eigenvalue weighted by Crippen LogP contribution is -2.45. The zero-order valence-electron chi connectivity index (χ0n) is 23.9. The number of sulfone groups is 1. The summed E-state index contributed by atoms with van der Waals surface area (Å²) in [5.74, 6) is -1.17. The molecule has 0 bridgehead atoms. The SMILES string of the molecule is C[C@H]1C[C@@H](Oc2ccnc(COc3ccc(F)cc3F)n2)CCN1Cc1nc2ccc(C(=O)O)cc2n1C[C@H]1CCS1(=O)=O. The van der Waals surface area contributed by atoms with Crippen LogP contribution in [-0.4, -0.2) is 73.6 Å². The Bertz CT molecular complexity index is 1820. The van der Waals surface area contributed by atoms with Crippen LogP contribution in [0, 0.1) is 11.6 Å². The molecular weight excluding hydrogens is 596 g/mol. The highest BCUT2D eigenvalue weighted by atomic mass is 32.2. The first-order valence-corrected chi connectivity index (χ1v) is 16.0. The standard InChI is InChI=1S/C30H31F2N5O6S/c1-18-12-21(43-29-6-9-33-27(35-29)17-42-26-5-3-20(31)14-23(26)32)7-10-36(18)16-28-34-24-4-2-19(30(38)39)13-25(24)37(28)15-22-8-11-44(22,40)41/h2-6,9,13-14,18,21-22H,7-8,10-12,15-17H2,1H3,(H,38,39)/t18-,21-,22+/m0/s1. The molecule has 0 unspecified atom stereocenters. The zero-order chi connectivity index (χ0) is 31.0. The molecule has 2 aliphatic rings. The number of hydrogen-bond donors (Lipinski definition) is 1. The number of nitrogens with zero attached hydrogens (tertiary/aromatic N) is 5. The van der Waals surface area contributed by atoms with Gasteiger partial charge in [-0.3, -0.25) is 4.90 Å². The van der Waals surface area contributed by atoms with E-state index in [4.69, 9.17) is 14.5 Å². The third kappa shape index (κ3) is 6.36. The first kappa shape index (κ1) is 29.9. The lowest BCUT2D eigenvalue weighted by atomic mass is 10.0. The molecule has 1 N–H and O–H groups in total. The monoisotopic (exact) mass is 627 g/mol. The van der Waals surface area contributed by atoms with Gasteiger partial charge in [-0.05, 0) is 56.5 Å². The van der Waals surface area contributed by atoms with Gasteiger partial charge in [0.25, 0.3) is 0 Å². The maximum absolute atomic E-state index is 13.9. The Labute approximate surface area is 252 Å². The van der Waals surface area contributed by atoms with Crippen molar-refractivity contribution in [1.82, 2.24) is 24.4 Å². The van der Waals surface area contributed by atoms with Crippen molar-refractivity contribution in [2.75, 3.05) is 12.3 Å². The summed E-state index contributed by atoms with van der Waals surface area (Å²) in [5, 5.41) is 9.00. The lowest BCUT2D eigenvalue weighted by molar-refractivity contribution is 0.0536. The molecule has 0 amide bonds. The van der Waals surface area contributed by atoms with Gasteiger partial charge in [-0.1, -0.05) is 0 Å². The average Bonchev–Trinajstić information content (AvgIpc) is 3.32. The molecule has 11 nitrogen and oxygen atoms in total. The summed E-state index contributed by atoms with van der Waals surface area (Å²) < 4.78 is 65.2. The third-order valence-electron chi connectivity index (χ3n) is 8.22. The third-order valence-corrected chi connectivity index (χ3v) is 10.4. The molecule has 232 valence electrons. The number of rotatable bonds is 10. The van der Waals surface area contributed by atoms with Gasteiger partial charge in [-0.2, -0.15) is 4.98 Å². The van der Waals surface area contributed by atoms with Gasteiger partial charge < -0.3 is 19.1 Å². The number of benzene rings is 2. The van der Waals surface area contributed by atoms with E-state index in [1.807, 2.05) is 4.57 Å². The van der Waals surface area contributed by atoms with Crippen molar-refractivity contribution in [2.24, 2.45) is 0 Å². The highest BCUT2D eigenvalue weighted by Crippen LogP contribution is 2.29. The second-order valence-electron chi connectivity index (χ2n) is 11.2. The fourth-order valence-electron chi connectivity index (χ4n) is 5.64. The summed E-state index contributed by atoms with van der Waals surface area (Å²) in [7, 11) is -3.16. The predicted octanol–water partition coefficient (Wildman–Crippen LogP) is 4.00. The van der Waals surface area contributed by atoms with Crippen molar-refractivity contribution in [2.45, 2.75) is 63.3 Å². The van der Waals surface area contributed by atoms with Crippen LogP contribution < -0.4 is 9.47 Å². The molecule has 2 aromatic carbocycles. The Hall–Kier alpha value is -4.17. The maximum atomic E-state index is 13.9. The van der Waals surface area contributed by atoms with Crippen molar-refractivity contribution < 1.29 is 36.6 Å². The highest BCUT2D eigenvalue weighted by Gasteiger charge is 2.37. The first-order valence-electron chi connectivity index (χ1n) is 14.3. The van der Waals surface area contributed by atoms with Crippen molar-refractivity contribution >= 4 is 26.8 Å². The van der Waals surface area contributed by atoms with Gasteiger partial charge in [0.05, 0.1) is 34.1 Å². The predicted molar refractivity (Wildman–Crippen MR) is 155 cm³/mol. The van der Waals surface area contributed by atoms with E-state index in [9.17, 15) is 27.1 Å². The van der Waals surface area contributed by atoms with Gasteiger partial charge in [0.2, 0.25) is 5.88 Å². The van der Waals surface area contributed by atoms with Crippen LogP contribution in [0.5, 0.6) is 11.6 Å². The van der Waals surface area contributed by atoms with Crippen molar-refractivity contribution in [1.29, 1.82) is 0 Å². The molecule has 6 rings (SSSR count). The van der Waals surface area contributed by atoms with Crippen molar-refractivity contribution in [3.8, 4) is 11.6 Å². The number of hydrogen-bond acceptors (Lipinski definition) is 9. The van der Waals surface area contributed by atoms with Crippen LogP contribution in [0.1, 0.15) is 48.2 Å². The zero-order valence-corrected chi connectivity index (χ0v) is 24.7. The summed E-state index contributed by atoms with van der Waals surface area (Å²) in [6.07, 6.45) is 3.36. The van der Waals surface area contributed by atoms with Crippen LogP contribution in [0.25, 0.3) is 11.0 Å². The minimum Gasteiger partial charge on any atom is -0.483 e. The molecule has 4 aromatic rings. The Kier molecular flexibility index (Phi) is 8.20. The number of fused-ring (bicyclic) bond motifs is 1. The van der Waals surface area contributed by atoms with Crippen LogP contribution >= 0.6 is 0 Å². The summed E-state index contributed by atoms with van der Waals surface area (Å²) in [5.41, 5.74) is 1.35. The molecule has 0 spiro atoms. The largest absolute Gasteiger partial charge is 0.483 e. The molecule has 4 heterocycles. The van der Waals surface area contributed by atoms with Crippen LogP contribution in [0.2, 0.25) is 0 Å². The molecule has 0 saturated carbocycles. The Balaban J connectivity index is 1.11. The van der Waals surface area contributed by atoms with Crippen LogP contribution in [-0.2, 0) is 29.5 Å². The number of halogens is 2. The van der Waals surface area contributed by atoms with E-state index in [0.717, 1.165) is 12.1 Å². The Morgan fingerprint density at radius 2 is 1.95 bits per heavy atom. The maximum Gasteiger partial charge on any atom is 0.335 e. The van der Waals surface area contributed by atoms with E-state index in [2.05, 4.69) is 21.8 Å². The minimum absolute atomic E-state index is 0.0927. The van der Waals surface area contributed by atoms with Crippen molar-refractivity contribution in [3.05, 3.63) is 77.5 Å². The number of piperidine rings is 1. The second-order valence-corrected chi connectivity index (χ2v) is 13.6. The first-order chi connectivity index (χ1) is 21.1. The van der Waals surface area contributed by atoms with Crippen LogP contribution in [0.3, 0.4) is 0 Å². The number of likely N-dealkylation sites (tertiary alicyclic amines) is 1. The number of carbonyl (C=O) groups is 1. The fourth-order valence-corrected chi connectivity index (χ4v) is 6.97. The molecule has 2 aliphatic heterocycles. The number of carboxylic acid groups (broad SMARTS) is 1. The molecule has 14 heteroatoms. The van der Waals surface area contributed by atoms with Gasteiger partial charge >= 0.3 is 5.97 Å². The number of aromatic carboxylic acids is 1. The highest BCUT2D eigenvalue weighted by molar-refractivity contribution is 7.93. The molecule has 0 aliphatic carbocycles. The summed E-state index contributed by atoms with van der Waals surface area (Å²) in [4.78, 5) is 27.2. The summed E-state index contributed by atoms with van der Waals surface area (Å²) in [6.45, 7) is 3.34. The minimum atomic E-state index is -3.16. The van der Waals surface area contributed by atoms with Gasteiger partial charge in [-0.25, -0.2) is 32.0 Å². The molecular formula is C30H31F2N5O6S. The smallest absolute Gasteiger partial charge is 0.335 e. The number of carboxylic acids is 1. The lowest BCUT2D eigenvalue weighted by Gasteiger charge is -2.37. The van der Waals surface area contributed by atoms with E-state index < -0.39 is 32.7 Å². The topological polar surface area (TPSA) is 137 Å². The number of ether oxygens (including phenoxy) is 2. The summed E-state index contributed by atoms with van der Waals surface area (Å²) in [6, 6.07) is 9.51. The number of imidazole rings is 1.